The lowest BCUT2D eigenvalue weighted by atomic mass is 10.1. The summed E-state index contributed by atoms with van der Waals surface area (Å²) in [5.74, 6) is 0.477. The number of amides is 1. The summed E-state index contributed by atoms with van der Waals surface area (Å²) >= 11 is 2.89. The number of fused-ring (bicyclic) bond motifs is 4. The molecule has 28 heavy (non-hydrogen) atoms. The number of rotatable bonds is 3. The van der Waals surface area contributed by atoms with E-state index in [2.05, 4.69) is 10.4 Å². The van der Waals surface area contributed by atoms with Crippen LogP contribution in [0.2, 0.25) is 0 Å². The third-order valence-corrected chi connectivity index (χ3v) is 7.02. The van der Waals surface area contributed by atoms with Gasteiger partial charge in [-0.2, -0.15) is 0 Å². The van der Waals surface area contributed by atoms with E-state index in [0.29, 0.717) is 21.7 Å². The quantitative estimate of drug-likeness (QED) is 0.555. The van der Waals surface area contributed by atoms with Crippen LogP contribution in [0, 0.1) is 0 Å². The normalized spacial score (nSPS) is 12.3. The van der Waals surface area contributed by atoms with Crippen molar-refractivity contribution in [1.82, 2.24) is 9.66 Å². The van der Waals surface area contributed by atoms with Gasteiger partial charge in [0.05, 0.1) is 10.3 Å². The number of ether oxygens (including phenoxy) is 1. The van der Waals surface area contributed by atoms with E-state index in [9.17, 15) is 9.59 Å². The van der Waals surface area contributed by atoms with Gasteiger partial charge in [-0.25, -0.2) is 9.66 Å². The van der Waals surface area contributed by atoms with E-state index in [1.165, 1.54) is 29.0 Å². The van der Waals surface area contributed by atoms with Crippen molar-refractivity contribution >= 4 is 38.8 Å². The van der Waals surface area contributed by atoms with Crippen LogP contribution in [0.25, 0.3) is 20.7 Å². The van der Waals surface area contributed by atoms with Crippen molar-refractivity contribution in [3.8, 4) is 16.2 Å². The van der Waals surface area contributed by atoms with E-state index in [1.807, 2.05) is 43.3 Å². The van der Waals surface area contributed by atoms with Crippen molar-refractivity contribution in [2.75, 3.05) is 5.43 Å². The number of benzene rings is 1. The van der Waals surface area contributed by atoms with E-state index in [4.69, 9.17) is 4.74 Å². The lowest BCUT2D eigenvalue weighted by Crippen LogP contribution is -2.32. The smallest absolute Gasteiger partial charge is 0.280 e. The average Bonchev–Trinajstić information content (AvgIpc) is 3.34. The molecule has 0 fully saturated rings. The molecule has 0 radical (unpaired) electrons. The third-order valence-electron chi connectivity index (χ3n) is 4.62. The van der Waals surface area contributed by atoms with Gasteiger partial charge < -0.3 is 4.74 Å². The van der Waals surface area contributed by atoms with Crippen molar-refractivity contribution < 1.29 is 9.53 Å². The number of aromatic nitrogens is 2. The molecule has 0 atom stereocenters. The van der Waals surface area contributed by atoms with Crippen LogP contribution in [0.3, 0.4) is 0 Å². The zero-order valence-corrected chi connectivity index (χ0v) is 16.5. The van der Waals surface area contributed by atoms with Crippen LogP contribution in [0.5, 0.6) is 5.75 Å². The van der Waals surface area contributed by atoms with Crippen LogP contribution in [-0.4, -0.2) is 15.6 Å². The molecule has 1 aliphatic rings. The number of aryl methyl sites for hydroxylation is 1. The highest BCUT2D eigenvalue weighted by Crippen LogP contribution is 2.42. The molecule has 1 amide bonds. The van der Waals surface area contributed by atoms with E-state index in [0.717, 1.165) is 37.7 Å². The van der Waals surface area contributed by atoms with Crippen LogP contribution in [0.15, 0.2) is 47.5 Å². The van der Waals surface area contributed by atoms with Gasteiger partial charge in [0.2, 0.25) is 0 Å². The zero-order valence-electron chi connectivity index (χ0n) is 14.9. The highest BCUT2D eigenvalue weighted by atomic mass is 32.1. The Balaban J connectivity index is 1.47. The first-order valence-electron chi connectivity index (χ1n) is 8.80. The van der Waals surface area contributed by atoms with Crippen LogP contribution in [-0.2, 0) is 13.0 Å². The van der Waals surface area contributed by atoms with Crippen molar-refractivity contribution in [3.05, 3.63) is 68.4 Å². The number of para-hydroxylation sites is 1. The Bertz CT molecular complexity index is 1290. The summed E-state index contributed by atoms with van der Waals surface area (Å²) < 4.78 is 6.91. The van der Waals surface area contributed by atoms with Gasteiger partial charge in [-0.05, 0) is 30.7 Å². The lowest BCUT2D eigenvalue weighted by molar-refractivity contribution is 0.101. The Morgan fingerprint density at radius 2 is 2.14 bits per heavy atom. The van der Waals surface area contributed by atoms with Crippen LogP contribution in [0.1, 0.15) is 27.0 Å². The molecule has 0 unspecified atom stereocenters. The first kappa shape index (κ1) is 17.2. The minimum absolute atomic E-state index is 0.274. The van der Waals surface area contributed by atoms with Gasteiger partial charge in [0.1, 0.15) is 23.5 Å². The molecule has 5 rings (SSSR count). The number of nitrogens with one attached hydrogen (secondary N) is 1. The van der Waals surface area contributed by atoms with Crippen molar-refractivity contribution in [3.63, 3.8) is 0 Å². The highest BCUT2D eigenvalue weighted by Gasteiger charge is 2.22. The topological polar surface area (TPSA) is 73.2 Å². The van der Waals surface area contributed by atoms with Crippen molar-refractivity contribution in [2.45, 2.75) is 20.0 Å². The molecule has 3 aromatic heterocycles. The van der Waals surface area contributed by atoms with E-state index in [1.54, 1.807) is 0 Å². The molecule has 1 aromatic carbocycles. The van der Waals surface area contributed by atoms with Gasteiger partial charge in [0.15, 0.2) is 0 Å². The van der Waals surface area contributed by atoms with Crippen LogP contribution >= 0.6 is 22.7 Å². The predicted octanol–water partition coefficient (Wildman–Crippen LogP) is 4.03. The molecule has 0 spiro atoms. The van der Waals surface area contributed by atoms with Crippen LogP contribution < -0.4 is 15.7 Å². The molecule has 6 nitrogen and oxygen atoms in total. The molecule has 0 aliphatic carbocycles. The second kappa shape index (κ2) is 6.57. The summed E-state index contributed by atoms with van der Waals surface area (Å²) in [5.41, 5.74) is 4.34. The Kier molecular flexibility index (Phi) is 4.03. The Hall–Kier alpha value is -2.97. The highest BCUT2D eigenvalue weighted by molar-refractivity contribution is 7.18. The van der Waals surface area contributed by atoms with Gasteiger partial charge in [0, 0.05) is 20.9 Å². The molecular formula is C20H15N3O3S2. The molecule has 140 valence electrons. The minimum Gasteiger partial charge on any atom is -0.488 e. The van der Waals surface area contributed by atoms with Gasteiger partial charge in [0.25, 0.3) is 11.5 Å². The molecule has 8 heteroatoms. The second-order valence-electron chi connectivity index (χ2n) is 6.40. The Morgan fingerprint density at radius 1 is 1.29 bits per heavy atom. The molecule has 0 saturated heterocycles. The number of thiophene rings is 2. The molecule has 0 bridgehead atoms. The average molecular weight is 409 g/mol. The van der Waals surface area contributed by atoms with Gasteiger partial charge in [-0.15, -0.1) is 22.7 Å². The first-order valence-corrected chi connectivity index (χ1v) is 10.4. The Labute approximate surface area is 168 Å². The molecule has 0 saturated carbocycles. The summed E-state index contributed by atoms with van der Waals surface area (Å²) in [5, 5.41) is 0.525. The van der Waals surface area contributed by atoms with E-state index < -0.39 is 0 Å². The Morgan fingerprint density at radius 3 is 3.00 bits per heavy atom. The zero-order chi connectivity index (χ0) is 19.3. The van der Waals surface area contributed by atoms with Crippen molar-refractivity contribution in [2.24, 2.45) is 0 Å². The third kappa shape index (κ3) is 2.73. The SMILES string of the molecule is CCc1cc2c(=O)n(NC(=O)c3cc4c(s3)-c3ccccc3OC4)cnc2s1. The second-order valence-corrected chi connectivity index (χ2v) is 8.56. The molecule has 4 heterocycles. The summed E-state index contributed by atoms with van der Waals surface area (Å²) in [6.07, 6.45) is 2.21. The maximum absolute atomic E-state index is 12.8. The predicted molar refractivity (Wildman–Crippen MR) is 111 cm³/mol. The van der Waals surface area contributed by atoms with Crippen LogP contribution in [0.4, 0.5) is 0 Å². The molecule has 1 aliphatic heterocycles. The van der Waals surface area contributed by atoms with Gasteiger partial charge in [-0.3, -0.25) is 15.0 Å². The van der Waals surface area contributed by atoms with E-state index >= 15 is 0 Å². The van der Waals surface area contributed by atoms with Crippen molar-refractivity contribution in [1.29, 1.82) is 0 Å². The maximum Gasteiger partial charge on any atom is 0.280 e. The number of hydrogen-bond donors (Lipinski definition) is 1. The summed E-state index contributed by atoms with van der Waals surface area (Å²) in [6, 6.07) is 11.4. The largest absolute Gasteiger partial charge is 0.488 e. The first-order chi connectivity index (χ1) is 13.6. The number of carbonyl (C=O) groups excluding carboxylic acids is 1. The number of nitrogens with zero attached hydrogens (tertiary/aromatic N) is 2. The monoisotopic (exact) mass is 409 g/mol. The molecular weight excluding hydrogens is 394 g/mol. The fourth-order valence-electron chi connectivity index (χ4n) is 3.20. The van der Waals surface area contributed by atoms with Gasteiger partial charge in [-0.1, -0.05) is 19.1 Å². The summed E-state index contributed by atoms with van der Waals surface area (Å²) in [6.45, 7) is 2.46. The molecule has 4 aromatic rings. The van der Waals surface area contributed by atoms with E-state index in [-0.39, 0.29) is 11.5 Å². The maximum atomic E-state index is 12.8. The number of hydrogen-bond acceptors (Lipinski definition) is 6. The number of carbonyl (C=O) groups is 1. The summed E-state index contributed by atoms with van der Waals surface area (Å²) in [4.78, 5) is 33.1. The minimum atomic E-state index is -0.342. The molecule has 1 N–H and O–H groups in total. The lowest BCUT2D eigenvalue weighted by Gasteiger charge is -2.16. The van der Waals surface area contributed by atoms with Gasteiger partial charge >= 0.3 is 0 Å². The fraction of sp³-hybridized carbons (Fsp3) is 0.150. The fourth-order valence-corrected chi connectivity index (χ4v) is 5.22. The standard InChI is InChI=1S/C20H15N3O3S2/c1-2-12-8-14-19(27-12)21-10-23(20(14)25)22-18(24)16-7-11-9-26-15-6-4-3-5-13(15)17(11)28-16/h3-8,10H,2,9H2,1H3,(H,22,24). The summed E-state index contributed by atoms with van der Waals surface area (Å²) in [7, 11) is 0.